The quantitative estimate of drug-likeness (QED) is 0.462. The van der Waals surface area contributed by atoms with Crippen LogP contribution in [-0.2, 0) is 14.8 Å². The topological polar surface area (TPSA) is 160 Å². The second kappa shape index (κ2) is 10.6. The van der Waals surface area contributed by atoms with E-state index in [-0.39, 0.29) is 35.6 Å². The van der Waals surface area contributed by atoms with E-state index in [2.05, 4.69) is 25.5 Å². The zero-order valence-corrected chi connectivity index (χ0v) is 19.3. The number of ether oxygens (including phenoxy) is 1. The Labute approximate surface area is 192 Å². The van der Waals surface area contributed by atoms with Crippen molar-refractivity contribution in [3.8, 4) is 17.1 Å². The monoisotopic (exact) mass is 477 g/mol. The smallest absolute Gasteiger partial charge is 0.387 e. The minimum Gasteiger partial charge on any atom is -0.387 e. The van der Waals surface area contributed by atoms with E-state index in [0.717, 1.165) is 0 Å². The fourth-order valence-corrected chi connectivity index (χ4v) is 4.52. The van der Waals surface area contributed by atoms with Gasteiger partial charge in [-0.25, -0.2) is 23.2 Å². The van der Waals surface area contributed by atoms with Gasteiger partial charge in [-0.15, -0.1) is 0 Å². The Morgan fingerprint density at radius 1 is 1.09 bits per heavy atom. The lowest BCUT2D eigenvalue weighted by molar-refractivity contribution is -0.118. The molecule has 1 saturated heterocycles. The second-order valence-electron chi connectivity index (χ2n) is 7.48. The number of nitrogen functional groups attached to an aromatic ring is 1. The summed E-state index contributed by atoms with van der Waals surface area (Å²) in [5.74, 6) is -0.473. The molecule has 13 heteroatoms. The van der Waals surface area contributed by atoms with Crippen molar-refractivity contribution in [2.45, 2.75) is 11.8 Å². The lowest BCUT2D eigenvalue weighted by Gasteiger charge is -2.31. The Kier molecular flexibility index (Phi) is 7.79. The maximum absolute atomic E-state index is 12.9. The molecule has 1 aliphatic rings. The highest BCUT2D eigenvalue weighted by molar-refractivity contribution is 7.89. The van der Waals surface area contributed by atoms with E-state index in [9.17, 15) is 18.0 Å². The van der Waals surface area contributed by atoms with Crippen LogP contribution in [-0.4, -0.2) is 85.9 Å². The van der Waals surface area contributed by atoms with Gasteiger partial charge in [0, 0.05) is 51.8 Å². The third-order valence-corrected chi connectivity index (χ3v) is 6.89. The molecule has 2 aromatic rings. The van der Waals surface area contributed by atoms with Crippen LogP contribution in [0.4, 0.5) is 10.6 Å². The van der Waals surface area contributed by atoms with Crippen LogP contribution >= 0.6 is 0 Å². The number of likely N-dealkylation sites (N-methyl/N-ethyl adjacent to an activating group) is 1. The lowest BCUT2D eigenvalue weighted by Crippen LogP contribution is -2.46. The van der Waals surface area contributed by atoms with E-state index >= 15 is 0 Å². The molecular formula is C20H27N7O5S. The summed E-state index contributed by atoms with van der Waals surface area (Å²) in [5, 5.41) is 4.99. The third kappa shape index (κ3) is 6.37. The Morgan fingerprint density at radius 2 is 1.73 bits per heavy atom. The molecule has 33 heavy (non-hydrogen) atoms. The zero-order chi connectivity index (χ0) is 24.0. The normalized spacial score (nSPS) is 15.1. The molecule has 4 N–H and O–H groups in total. The molecule has 0 radical (unpaired) electrons. The summed E-state index contributed by atoms with van der Waals surface area (Å²) in [6.45, 7) is 4.03. The molecule has 0 unspecified atom stereocenters. The highest BCUT2D eigenvalue weighted by Crippen LogP contribution is 2.25. The van der Waals surface area contributed by atoms with Crippen LogP contribution in [0.3, 0.4) is 0 Å². The predicted molar refractivity (Wildman–Crippen MR) is 121 cm³/mol. The highest BCUT2D eigenvalue weighted by atomic mass is 32.2. The average Bonchev–Trinajstić information content (AvgIpc) is 2.78. The summed E-state index contributed by atoms with van der Waals surface area (Å²) >= 11 is 0. The first-order valence-electron chi connectivity index (χ1n) is 10.3. The second-order valence-corrected chi connectivity index (χ2v) is 9.41. The summed E-state index contributed by atoms with van der Waals surface area (Å²) in [4.78, 5) is 33.3. The summed E-state index contributed by atoms with van der Waals surface area (Å²) in [6.07, 6.45) is 0.605. The van der Waals surface area contributed by atoms with Crippen molar-refractivity contribution < 1.29 is 22.7 Å². The maximum atomic E-state index is 12.9. The molecule has 0 atom stereocenters. The van der Waals surface area contributed by atoms with Gasteiger partial charge in [0.15, 0.2) is 5.82 Å². The van der Waals surface area contributed by atoms with Gasteiger partial charge >= 0.3 is 6.09 Å². The molecule has 2 amide bonds. The van der Waals surface area contributed by atoms with Gasteiger partial charge in [-0.1, -0.05) is 12.1 Å². The Balaban J connectivity index is 1.68. The molecule has 1 fully saturated rings. The van der Waals surface area contributed by atoms with Crippen molar-refractivity contribution in [1.82, 2.24) is 29.8 Å². The van der Waals surface area contributed by atoms with Crippen LogP contribution in [0.15, 0.2) is 35.4 Å². The summed E-state index contributed by atoms with van der Waals surface area (Å²) < 4.78 is 32.4. The summed E-state index contributed by atoms with van der Waals surface area (Å²) in [5.41, 5.74) is 6.69. The highest BCUT2D eigenvalue weighted by Gasteiger charge is 2.27. The van der Waals surface area contributed by atoms with Crippen LogP contribution in [0, 0.1) is 0 Å². The number of aromatic nitrogens is 2. The van der Waals surface area contributed by atoms with Gasteiger partial charge in [-0.3, -0.25) is 4.79 Å². The first-order valence-corrected chi connectivity index (χ1v) is 11.7. The van der Waals surface area contributed by atoms with Gasteiger partial charge in [0.1, 0.15) is 0 Å². The van der Waals surface area contributed by atoms with Gasteiger partial charge in [-0.2, -0.15) is 4.31 Å². The van der Waals surface area contributed by atoms with Crippen LogP contribution in [0.1, 0.15) is 6.92 Å². The average molecular weight is 478 g/mol. The number of anilines is 1. The number of benzene rings is 1. The molecule has 3 rings (SSSR count). The first-order chi connectivity index (χ1) is 15.7. The van der Waals surface area contributed by atoms with Crippen LogP contribution in [0.25, 0.3) is 11.3 Å². The lowest BCUT2D eigenvalue weighted by atomic mass is 10.2. The molecule has 0 spiro atoms. The number of rotatable bonds is 7. The number of amides is 2. The maximum Gasteiger partial charge on any atom is 0.414 e. The van der Waals surface area contributed by atoms with E-state index in [1.54, 1.807) is 12.1 Å². The van der Waals surface area contributed by atoms with E-state index in [1.165, 1.54) is 29.6 Å². The van der Waals surface area contributed by atoms with Crippen LogP contribution < -0.4 is 21.1 Å². The number of carbonyl (C=O) groups excluding carboxylic acids is 2. The molecule has 12 nitrogen and oxygen atoms in total. The minimum absolute atomic E-state index is 0.0787. The molecule has 0 aliphatic carbocycles. The van der Waals surface area contributed by atoms with Crippen molar-refractivity contribution in [2.75, 3.05) is 52.0 Å². The van der Waals surface area contributed by atoms with Gasteiger partial charge in [0.25, 0.3) is 5.88 Å². The van der Waals surface area contributed by atoms with E-state index in [4.69, 9.17) is 10.5 Å². The van der Waals surface area contributed by atoms with Gasteiger partial charge in [0.2, 0.25) is 15.9 Å². The molecule has 1 aromatic carbocycles. The van der Waals surface area contributed by atoms with Crippen molar-refractivity contribution in [3.63, 3.8) is 0 Å². The van der Waals surface area contributed by atoms with Crippen LogP contribution in [0.5, 0.6) is 5.88 Å². The molecule has 178 valence electrons. The largest absolute Gasteiger partial charge is 0.414 e. The number of sulfonamides is 1. The molecular weight excluding hydrogens is 450 g/mol. The standard InChI is InChI=1S/C20H27N7O5S/c1-14(28)22-7-8-23-20(29)32-19-18(21)24-13-17(25-19)15-3-5-16(6-4-15)33(30,31)27-11-9-26(2)10-12-27/h3-6,13H,7-12H2,1-2H3,(H2,21,24)(H,22,28)(H,23,29). The minimum atomic E-state index is -3.58. The van der Waals surface area contributed by atoms with Crippen LogP contribution in [0.2, 0.25) is 0 Å². The molecule has 0 bridgehead atoms. The Bertz CT molecular complexity index is 1100. The van der Waals surface area contributed by atoms with Crippen molar-refractivity contribution in [3.05, 3.63) is 30.5 Å². The summed E-state index contributed by atoms with van der Waals surface area (Å²) in [7, 11) is -1.63. The third-order valence-electron chi connectivity index (χ3n) is 4.97. The van der Waals surface area contributed by atoms with Gasteiger partial charge in [0.05, 0.1) is 16.8 Å². The van der Waals surface area contributed by atoms with Crippen molar-refractivity contribution in [2.24, 2.45) is 0 Å². The predicted octanol–water partition coefficient (Wildman–Crippen LogP) is -0.114. The fraction of sp³-hybridized carbons (Fsp3) is 0.400. The molecule has 0 saturated carbocycles. The Morgan fingerprint density at radius 3 is 2.36 bits per heavy atom. The number of hydrogen-bond donors (Lipinski definition) is 3. The number of nitrogens with zero attached hydrogens (tertiary/aromatic N) is 4. The first kappa shape index (κ1) is 24.4. The molecule has 1 aromatic heterocycles. The number of carbonyl (C=O) groups is 2. The Hall–Kier alpha value is -3.29. The van der Waals surface area contributed by atoms with Crippen molar-refractivity contribution in [1.29, 1.82) is 0 Å². The van der Waals surface area contributed by atoms with E-state index in [1.807, 2.05) is 7.05 Å². The number of hydrogen-bond acceptors (Lipinski definition) is 9. The fourth-order valence-electron chi connectivity index (χ4n) is 3.10. The molecule has 1 aliphatic heterocycles. The zero-order valence-electron chi connectivity index (χ0n) is 18.4. The molecule has 2 heterocycles. The van der Waals surface area contributed by atoms with Gasteiger partial charge in [-0.05, 0) is 19.2 Å². The number of nitrogens with one attached hydrogen (secondary N) is 2. The number of piperazine rings is 1. The summed E-state index contributed by atoms with van der Waals surface area (Å²) in [6, 6.07) is 6.24. The van der Waals surface area contributed by atoms with Gasteiger partial charge < -0.3 is 26.0 Å². The SMILES string of the molecule is CC(=O)NCCNC(=O)Oc1nc(-c2ccc(S(=O)(=O)N3CCN(C)CC3)cc2)cnc1N. The van der Waals surface area contributed by atoms with E-state index < -0.39 is 16.1 Å². The van der Waals surface area contributed by atoms with E-state index in [0.29, 0.717) is 37.4 Å². The number of nitrogens with two attached hydrogens (primary N) is 1. The van der Waals surface area contributed by atoms with Crippen molar-refractivity contribution >= 4 is 27.8 Å².